The van der Waals surface area contributed by atoms with Crippen LogP contribution < -0.4 is 11.1 Å². The van der Waals surface area contributed by atoms with E-state index in [9.17, 15) is 9.59 Å². The molecule has 1 aromatic heterocycles. The first kappa shape index (κ1) is 23.5. The fourth-order valence-corrected chi connectivity index (χ4v) is 4.57. The lowest BCUT2D eigenvalue weighted by molar-refractivity contribution is -0.138. The summed E-state index contributed by atoms with van der Waals surface area (Å²) in [5.74, 6) is 0.0911. The molecule has 2 aliphatic rings. The predicted molar refractivity (Wildman–Crippen MR) is 130 cm³/mol. The zero-order chi connectivity index (χ0) is 24.1. The zero-order valence-electron chi connectivity index (χ0n) is 19.5. The molecule has 0 unspecified atom stereocenters. The molecule has 2 fully saturated rings. The van der Waals surface area contributed by atoms with Crippen molar-refractivity contribution in [2.75, 3.05) is 31.5 Å². The molecule has 2 amide bonds. The van der Waals surface area contributed by atoms with Crippen molar-refractivity contribution in [3.8, 4) is 6.07 Å². The molecule has 2 aromatic rings. The van der Waals surface area contributed by atoms with Gasteiger partial charge in [0.1, 0.15) is 5.82 Å². The number of benzene rings is 1. The van der Waals surface area contributed by atoms with Crippen molar-refractivity contribution in [2.45, 2.75) is 38.6 Å². The monoisotopic (exact) mass is 458 g/mol. The molecule has 0 bridgehead atoms. The number of aryl methyl sites for hydroxylation is 1. The Hall–Kier alpha value is -3.70. The van der Waals surface area contributed by atoms with Gasteiger partial charge in [0.2, 0.25) is 5.91 Å². The van der Waals surface area contributed by atoms with Gasteiger partial charge in [-0.15, -0.1) is 0 Å². The molecule has 3 N–H and O–H groups in total. The van der Waals surface area contributed by atoms with Crippen molar-refractivity contribution >= 4 is 23.2 Å². The van der Waals surface area contributed by atoms with Crippen molar-refractivity contribution in [3.63, 3.8) is 0 Å². The molecule has 0 atom stereocenters. The number of nitrogens with one attached hydrogen (secondary N) is 1. The number of nitrogens with zero attached hydrogens (tertiary/aromatic N) is 4. The number of anilines is 1. The second kappa shape index (κ2) is 10.5. The van der Waals surface area contributed by atoms with Crippen molar-refractivity contribution in [2.24, 2.45) is 5.73 Å². The standard InChI is InChI=1S/C26H30N6O2/c1-18-11-19(13-27)5-7-22(18)23(14-28)26(34)30-24-8-6-20(15-29-24)12-25(33)32-16-21(17-32)31-9-3-2-4-10-31/h5-8,11,14-15,21H,2-4,9-10,12,16-17,28H2,1H3,(H,29,30,34). The van der Waals surface area contributed by atoms with Gasteiger partial charge in [-0.25, -0.2) is 4.98 Å². The van der Waals surface area contributed by atoms with Crippen LogP contribution in [0, 0.1) is 18.3 Å². The van der Waals surface area contributed by atoms with Crippen molar-refractivity contribution < 1.29 is 9.59 Å². The van der Waals surface area contributed by atoms with Crippen LogP contribution in [0.2, 0.25) is 0 Å². The number of hydrogen-bond donors (Lipinski definition) is 2. The van der Waals surface area contributed by atoms with E-state index in [4.69, 9.17) is 11.0 Å². The van der Waals surface area contributed by atoms with Gasteiger partial charge in [-0.2, -0.15) is 5.26 Å². The summed E-state index contributed by atoms with van der Waals surface area (Å²) in [4.78, 5) is 34.1. The number of piperidine rings is 1. The van der Waals surface area contributed by atoms with Crippen molar-refractivity contribution in [3.05, 3.63) is 65.0 Å². The zero-order valence-corrected chi connectivity index (χ0v) is 19.5. The molecule has 0 spiro atoms. The van der Waals surface area contributed by atoms with E-state index in [1.165, 1.54) is 25.5 Å². The van der Waals surface area contributed by atoms with E-state index in [0.29, 0.717) is 35.0 Å². The lowest BCUT2D eigenvalue weighted by Gasteiger charge is -2.46. The largest absolute Gasteiger partial charge is 0.404 e. The second-order valence-corrected chi connectivity index (χ2v) is 8.95. The van der Waals surface area contributed by atoms with Crippen LogP contribution in [0.5, 0.6) is 0 Å². The maximum absolute atomic E-state index is 12.8. The topological polar surface area (TPSA) is 115 Å². The summed E-state index contributed by atoms with van der Waals surface area (Å²) >= 11 is 0. The lowest BCUT2D eigenvalue weighted by atomic mass is 9.98. The van der Waals surface area contributed by atoms with Crippen LogP contribution in [0.15, 0.2) is 42.7 Å². The smallest absolute Gasteiger partial charge is 0.258 e. The Labute approximate surface area is 200 Å². The maximum Gasteiger partial charge on any atom is 0.258 e. The summed E-state index contributed by atoms with van der Waals surface area (Å²) in [6, 6.07) is 11.1. The summed E-state index contributed by atoms with van der Waals surface area (Å²) in [6.45, 7) is 5.74. The summed E-state index contributed by atoms with van der Waals surface area (Å²) < 4.78 is 0. The van der Waals surface area contributed by atoms with E-state index in [-0.39, 0.29) is 5.91 Å². The van der Waals surface area contributed by atoms with Crippen LogP contribution in [0.4, 0.5) is 5.82 Å². The molecule has 8 heteroatoms. The Kier molecular flexibility index (Phi) is 7.24. The molecular weight excluding hydrogens is 428 g/mol. The van der Waals surface area contributed by atoms with Crippen LogP contribution in [-0.2, 0) is 16.0 Å². The average Bonchev–Trinajstić information content (AvgIpc) is 2.81. The van der Waals surface area contributed by atoms with Crippen LogP contribution in [0.3, 0.4) is 0 Å². The Morgan fingerprint density at radius 3 is 2.59 bits per heavy atom. The van der Waals surface area contributed by atoms with E-state index in [1.54, 1.807) is 36.5 Å². The molecule has 2 saturated heterocycles. The van der Waals surface area contributed by atoms with E-state index >= 15 is 0 Å². The molecule has 0 radical (unpaired) electrons. The minimum absolute atomic E-state index is 0.108. The molecule has 3 heterocycles. The highest BCUT2D eigenvalue weighted by Gasteiger charge is 2.34. The highest BCUT2D eigenvalue weighted by atomic mass is 16.2. The van der Waals surface area contributed by atoms with Crippen molar-refractivity contribution in [1.82, 2.24) is 14.8 Å². The Balaban J connectivity index is 1.30. The van der Waals surface area contributed by atoms with E-state index in [2.05, 4.69) is 21.3 Å². The number of rotatable bonds is 6. The Morgan fingerprint density at radius 2 is 1.97 bits per heavy atom. The second-order valence-electron chi connectivity index (χ2n) is 8.95. The summed E-state index contributed by atoms with van der Waals surface area (Å²) in [5, 5.41) is 11.8. The number of amides is 2. The minimum Gasteiger partial charge on any atom is -0.404 e. The van der Waals surface area contributed by atoms with Gasteiger partial charge in [-0.05, 0) is 67.7 Å². The van der Waals surface area contributed by atoms with E-state index in [1.807, 2.05) is 11.8 Å². The summed E-state index contributed by atoms with van der Waals surface area (Å²) in [7, 11) is 0. The maximum atomic E-state index is 12.8. The van der Waals surface area contributed by atoms with Gasteiger partial charge in [0, 0.05) is 31.5 Å². The lowest BCUT2D eigenvalue weighted by Crippen LogP contribution is -2.62. The van der Waals surface area contributed by atoms with E-state index in [0.717, 1.165) is 37.3 Å². The van der Waals surface area contributed by atoms with Crippen LogP contribution in [-0.4, -0.2) is 58.8 Å². The van der Waals surface area contributed by atoms with Gasteiger partial charge < -0.3 is 16.0 Å². The Bertz CT molecular complexity index is 1120. The number of aromatic nitrogens is 1. The third kappa shape index (κ3) is 5.26. The number of likely N-dealkylation sites (tertiary alicyclic amines) is 2. The summed E-state index contributed by atoms with van der Waals surface area (Å²) in [6.07, 6.45) is 7.00. The van der Waals surface area contributed by atoms with Gasteiger partial charge in [-0.3, -0.25) is 14.5 Å². The molecule has 34 heavy (non-hydrogen) atoms. The Morgan fingerprint density at radius 1 is 1.21 bits per heavy atom. The minimum atomic E-state index is -0.393. The fourth-order valence-electron chi connectivity index (χ4n) is 4.57. The number of pyridine rings is 1. The van der Waals surface area contributed by atoms with Gasteiger partial charge in [0.15, 0.2) is 0 Å². The molecule has 1 aromatic carbocycles. The highest BCUT2D eigenvalue weighted by molar-refractivity contribution is 6.25. The molecule has 2 aliphatic heterocycles. The average molecular weight is 459 g/mol. The molecule has 176 valence electrons. The van der Waals surface area contributed by atoms with Gasteiger partial charge >= 0.3 is 0 Å². The van der Waals surface area contributed by atoms with E-state index < -0.39 is 5.91 Å². The number of carbonyl (C=O) groups is 2. The predicted octanol–water partition coefficient (Wildman–Crippen LogP) is 2.44. The third-order valence-electron chi connectivity index (χ3n) is 6.60. The first-order valence-corrected chi connectivity index (χ1v) is 11.7. The number of nitrogens with two attached hydrogens (primary N) is 1. The van der Waals surface area contributed by atoms with Crippen LogP contribution in [0.25, 0.3) is 5.57 Å². The highest BCUT2D eigenvalue weighted by Crippen LogP contribution is 2.22. The molecular formula is C26H30N6O2. The quantitative estimate of drug-likeness (QED) is 0.643. The number of nitriles is 1. The summed E-state index contributed by atoms with van der Waals surface area (Å²) in [5.41, 5.74) is 8.78. The first-order valence-electron chi connectivity index (χ1n) is 11.7. The van der Waals surface area contributed by atoms with Crippen molar-refractivity contribution in [1.29, 1.82) is 5.26 Å². The van der Waals surface area contributed by atoms with Crippen LogP contribution >= 0.6 is 0 Å². The van der Waals surface area contributed by atoms with Crippen LogP contribution in [0.1, 0.15) is 41.5 Å². The number of carbonyl (C=O) groups excluding carboxylic acids is 2. The first-order chi connectivity index (χ1) is 16.5. The SMILES string of the molecule is Cc1cc(C#N)ccc1C(=CN)C(=O)Nc1ccc(CC(=O)N2CC(N3CCCCC3)C2)cn1. The molecule has 4 rings (SSSR count). The fraction of sp³-hybridized carbons (Fsp3) is 0.385. The normalized spacial score (nSPS) is 17.1. The number of hydrogen-bond acceptors (Lipinski definition) is 6. The van der Waals surface area contributed by atoms with Gasteiger partial charge in [0.05, 0.1) is 23.6 Å². The third-order valence-corrected chi connectivity index (χ3v) is 6.60. The molecule has 0 aliphatic carbocycles. The molecule has 8 nitrogen and oxygen atoms in total. The van der Waals surface area contributed by atoms with Gasteiger partial charge in [0.25, 0.3) is 5.91 Å². The molecule has 0 saturated carbocycles. The van der Waals surface area contributed by atoms with Gasteiger partial charge in [-0.1, -0.05) is 18.6 Å².